The predicted molar refractivity (Wildman–Crippen MR) is 85.2 cm³/mol. The largest absolute Gasteiger partial charge is 0.378 e. The molecule has 7 heteroatoms. The van der Waals surface area contributed by atoms with E-state index in [2.05, 4.69) is 15.2 Å². The summed E-state index contributed by atoms with van der Waals surface area (Å²) in [6.07, 6.45) is 1.81. The third-order valence-corrected chi connectivity index (χ3v) is 4.60. The number of hydrogen-bond donors (Lipinski definition) is 1. The van der Waals surface area contributed by atoms with Crippen molar-refractivity contribution in [2.75, 3.05) is 61.1 Å². The van der Waals surface area contributed by atoms with Crippen molar-refractivity contribution in [2.24, 2.45) is 0 Å². The van der Waals surface area contributed by atoms with E-state index in [1.807, 2.05) is 35.0 Å². The standard InChI is InChI=1S/C14H20N4O2S/c19-14(18-5-9-21-10-6-18)16-13-2-1-12(11-15-13)17-3-7-20-8-4-17/h1-2,11H,3-10H2,(H,15,16,19). The highest BCUT2D eigenvalue weighted by atomic mass is 32.2. The number of pyridine rings is 1. The Balaban J connectivity index is 1.57. The first-order valence-electron chi connectivity index (χ1n) is 7.25. The van der Waals surface area contributed by atoms with Crippen molar-refractivity contribution >= 4 is 29.3 Å². The molecule has 0 bridgehead atoms. The normalized spacial score (nSPS) is 19.4. The number of nitrogens with one attached hydrogen (secondary N) is 1. The Bertz CT molecular complexity index is 470. The van der Waals surface area contributed by atoms with Gasteiger partial charge in [0.05, 0.1) is 25.1 Å². The Hall–Kier alpha value is -1.47. The quantitative estimate of drug-likeness (QED) is 0.897. The highest BCUT2D eigenvalue weighted by molar-refractivity contribution is 7.99. The van der Waals surface area contributed by atoms with Crippen LogP contribution in [0.4, 0.5) is 16.3 Å². The van der Waals surface area contributed by atoms with Crippen molar-refractivity contribution in [3.8, 4) is 0 Å². The zero-order valence-corrected chi connectivity index (χ0v) is 12.8. The molecule has 114 valence electrons. The van der Waals surface area contributed by atoms with Crippen molar-refractivity contribution in [2.45, 2.75) is 0 Å². The fraction of sp³-hybridized carbons (Fsp3) is 0.571. The molecule has 2 aliphatic heterocycles. The lowest BCUT2D eigenvalue weighted by Gasteiger charge is -2.29. The molecule has 1 N–H and O–H groups in total. The maximum Gasteiger partial charge on any atom is 0.323 e. The zero-order valence-electron chi connectivity index (χ0n) is 12.0. The average Bonchev–Trinajstić information content (AvgIpc) is 2.57. The van der Waals surface area contributed by atoms with Crippen LogP contribution < -0.4 is 10.2 Å². The number of anilines is 2. The second-order valence-electron chi connectivity index (χ2n) is 5.03. The van der Waals surface area contributed by atoms with Gasteiger partial charge in [0.1, 0.15) is 5.82 Å². The third-order valence-electron chi connectivity index (χ3n) is 3.66. The number of aromatic nitrogens is 1. The fourth-order valence-corrected chi connectivity index (χ4v) is 3.33. The lowest BCUT2D eigenvalue weighted by molar-refractivity contribution is 0.122. The molecule has 2 saturated heterocycles. The second kappa shape index (κ2) is 7.00. The number of urea groups is 1. The minimum Gasteiger partial charge on any atom is -0.378 e. The molecule has 6 nitrogen and oxygen atoms in total. The number of hydrogen-bond acceptors (Lipinski definition) is 5. The zero-order chi connectivity index (χ0) is 14.5. The maximum absolute atomic E-state index is 12.1. The summed E-state index contributed by atoms with van der Waals surface area (Å²) in [6, 6.07) is 3.81. The van der Waals surface area contributed by atoms with Gasteiger partial charge < -0.3 is 14.5 Å². The van der Waals surface area contributed by atoms with Gasteiger partial charge in [-0.2, -0.15) is 11.8 Å². The van der Waals surface area contributed by atoms with E-state index in [0.29, 0.717) is 5.82 Å². The van der Waals surface area contributed by atoms with E-state index in [1.54, 1.807) is 0 Å². The topological polar surface area (TPSA) is 57.7 Å². The number of morpholine rings is 1. The van der Waals surface area contributed by atoms with Crippen LogP contribution in [0.25, 0.3) is 0 Å². The van der Waals surface area contributed by atoms with Gasteiger partial charge in [0.25, 0.3) is 0 Å². The molecule has 1 aromatic heterocycles. The van der Waals surface area contributed by atoms with E-state index in [9.17, 15) is 4.79 Å². The highest BCUT2D eigenvalue weighted by Crippen LogP contribution is 2.17. The van der Waals surface area contributed by atoms with Crippen LogP contribution >= 0.6 is 11.8 Å². The molecule has 1 aromatic rings. The summed E-state index contributed by atoms with van der Waals surface area (Å²) >= 11 is 1.89. The average molecular weight is 308 g/mol. The van der Waals surface area contributed by atoms with Crippen molar-refractivity contribution < 1.29 is 9.53 Å². The number of carbonyl (C=O) groups excluding carboxylic acids is 1. The number of ether oxygens (including phenoxy) is 1. The Morgan fingerprint density at radius 3 is 2.62 bits per heavy atom. The van der Waals surface area contributed by atoms with Gasteiger partial charge in [0, 0.05) is 37.7 Å². The van der Waals surface area contributed by atoms with Gasteiger partial charge in [-0.3, -0.25) is 5.32 Å². The molecule has 21 heavy (non-hydrogen) atoms. The minimum absolute atomic E-state index is 0.0538. The van der Waals surface area contributed by atoms with Crippen LogP contribution in [-0.4, -0.2) is 66.8 Å². The summed E-state index contributed by atoms with van der Waals surface area (Å²) in [6.45, 7) is 4.90. The van der Waals surface area contributed by atoms with Gasteiger partial charge in [-0.25, -0.2) is 9.78 Å². The van der Waals surface area contributed by atoms with Crippen LogP contribution in [0.15, 0.2) is 18.3 Å². The third kappa shape index (κ3) is 3.79. The summed E-state index contributed by atoms with van der Waals surface area (Å²) in [5.74, 6) is 2.63. The first kappa shape index (κ1) is 14.5. The second-order valence-corrected chi connectivity index (χ2v) is 6.26. The summed E-state index contributed by atoms with van der Waals surface area (Å²) < 4.78 is 5.34. The molecule has 0 radical (unpaired) electrons. The van der Waals surface area contributed by atoms with Crippen LogP contribution in [-0.2, 0) is 4.74 Å². The van der Waals surface area contributed by atoms with Crippen LogP contribution in [0.1, 0.15) is 0 Å². The number of nitrogens with zero attached hydrogens (tertiary/aromatic N) is 3. The summed E-state index contributed by atoms with van der Waals surface area (Å²) in [5, 5.41) is 2.87. The molecular weight excluding hydrogens is 288 g/mol. The smallest absolute Gasteiger partial charge is 0.323 e. The molecule has 0 aromatic carbocycles. The minimum atomic E-state index is -0.0538. The molecule has 3 rings (SSSR count). The molecular formula is C14H20N4O2S. The maximum atomic E-state index is 12.1. The number of thioether (sulfide) groups is 1. The SMILES string of the molecule is O=C(Nc1ccc(N2CCOCC2)cn1)N1CCSCC1. The number of rotatable bonds is 2. The predicted octanol–water partition coefficient (Wildman–Crippen LogP) is 1.50. The Kier molecular flexibility index (Phi) is 4.82. The van der Waals surface area contributed by atoms with Crippen LogP contribution in [0.3, 0.4) is 0 Å². The van der Waals surface area contributed by atoms with Crippen molar-refractivity contribution in [3.05, 3.63) is 18.3 Å². The molecule has 0 aliphatic carbocycles. The molecule has 0 unspecified atom stereocenters. The number of amides is 2. The molecule has 3 heterocycles. The number of carbonyl (C=O) groups is 1. The first-order valence-corrected chi connectivity index (χ1v) is 8.41. The monoisotopic (exact) mass is 308 g/mol. The summed E-state index contributed by atoms with van der Waals surface area (Å²) in [4.78, 5) is 20.5. The van der Waals surface area contributed by atoms with Gasteiger partial charge in [-0.05, 0) is 12.1 Å². The van der Waals surface area contributed by atoms with Crippen molar-refractivity contribution in [1.82, 2.24) is 9.88 Å². The van der Waals surface area contributed by atoms with Crippen molar-refractivity contribution in [1.29, 1.82) is 0 Å². The van der Waals surface area contributed by atoms with E-state index >= 15 is 0 Å². The van der Waals surface area contributed by atoms with Crippen LogP contribution in [0.5, 0.6) is 0 Å². The lowest BCUT2D eigenvalue weighted by Crippen LogP contribution is -2.40. The highest BCUT2D eigenvalue weighted by Gasteiger charge is 2.17. The van der Waals surface area contributed by atoms with Crippen LogP contribution in [0, 0.1) is 0 Å². The van der Waals surface area contributed by atoms with E-state index in [-0.39, 0.29) is 6.03 Å². The Morgan fingerprint density at radius 2 is 1.95 bits per heavy atom. The van der Waals surface area contributed by atoms with Crippen molar-refractivity contribution in [3.63, 3.8) is 0 Å². The van der Waals surface area contributed by atoms with E-state index in [1.165, 1.54) is 0 Å². The van der Waals surface area contributed by atoms with E-state index < -0.39 is 0 Å². The lowest BCUT2D eigenvalue weighted by atomic mass is 10.3. The van der Waals surface area contributed by atoms with Crippen LogP contribution in [0.2, 0.25) is 0 Å². The van der Waals surface area contributed by atoms with Gasteiger partial charge in [0.15, 0.2) is 0 Å². The summed E-state index contributed by atoms with van der Waals surface area (Å²) in [7, 11) is 0. The molecule has 0 spiro atoms. The molecule has 0 saturated carbocycles. The first-order chi connectivity index (χ1) is 10.3. The Labute approximate surface area is 128 Å². The molecule has 2 aliphatic rings. The fourth-order valence-electron chi connectivity index (χ4n) is 2.42. The van der Waals surface area contributed by atoms with Gasteiger partial charge in [0.2, 0.25) is 0 Å². The van der Waals surface area contributed by atoms with E-state index in [0.717, 1.165) is 56.6 Å². The van der Waals surface area contributed by atoms with Gasteiger partial charge >= 0.3 is 6.03 Å². The summed E-state index contributed by atoms with van der Waals surface area (Å²) in [5.41, 5.74) is 1.07. The van der Waals surface area contributed by atoms with Gasteiger partial charge in [-0.1, -0.05) is 0 Å². The molecule has 2 fully saturated rings. The van der Waals surface area contributed by atoms with E-state index in [4.69, 9.17) is 4.74 Å². The Morgan fingerprint density at radius 1 is 1.19 bits per heavy atom. The molecule has 0 atom stereocenters. The van der Waals surface area contributed by atoms with Gasteiger partial charge in [-0.15, -0.1) is 0 Å². The molecule has 2 amide bonds.